The van der Waals surface area contributed by atoms with Crippen molar-refractivity contribution in [1.29, 1.82) is 10.5 Å². The fourth-order valence-corrected chi connectivity index (χ4v) is 0.378. The van der Waals surface area contributed by atoms with Gasteiger partial charge >= 0.3 is 0 Å². The van der Waals surface area contributed by atoms with E-state index in [1.807, 2.05) is 6.07 Å². The molecule has 1 N–H and O–H groups in total. The highest BCUT2D eigenvalue weighted by Crippen LogP contribution is 1.92. The monoisotopic (exact) mass is 140 g/mol. The second-order valence-electron chi connectivity index (χ2n) is 1.60. The summed E-state index contributed by atoms with van der Waals surface area (Å²) in [7, 11) is 0. The van der Waals surface area contributed by atoms with E-state index < -0.39 is 6.29 Å². The Morgan fingerprint density at radius 1 is 1.40 bits per heavy atom. The van der Waals surface area contributed by atoms with Crippen molar-refractivity contribution in [1.82, 2.24) is 0 Å². The zero-order valence-electron chi connectivity index (χ0n) is 5.45. The standard InChI is InChI=1S/C6H8N2O2/c7-3-1-5-10-6(9)2-4-8/h6,9H,1-2,5H2. The maximum absolute atomic E-state index is 8.72. The second kappa shape index (κ2) is 6.03. The summed E-state index contributed by atoms with van der Waals surface area (Å²) >= 11 is 0. The molecule has 1 atom stereocenters. The molecule has 0 spiro atoms. The number of nitrogens with zero attached hydrogens (tertiary/aromatic N) is 2. The quantitative estimate of drug-likeness (QED) is 0.445. The first-order chi connectivity index (χ1) is 4.81. The van der Waals surface area contributed by atoms with Gasteiger partial charge in [-0.25, -0.2) is 0 Å². The van der Waals surface area contributed by atoms with Crippen molar-refractivity contribution < 1.29 is 9.84 Å². The Balaban J connectivity index is 3.16. The van der Waals surface area contributed by atoms with Crippen LogP contribution < -0.4 is 0 Å². The van der Waals surface area contributed by atoms with Crippen LogP contribution in [0.25, 0.3) is 0 Å². The number of hydrogen-bond acceptors (Lipinski definition) is 4. The second-order valence-corrected chi connectivity index (χ2v) is 1.60. The third kappa shape index (κ3) is 5.04. The van der Waals surface area contributed by atoms with Crippen molar-refractivity contribution in [2.24, 2.45) is 0 Å². The van der Waals surface area contributed by atoms with E-state index in [2.05, 4.69) is 4.74 Å². The van der Waals surface area contributed by atoms with Gasteiger partial charge < -0.3 is 9.84 Å². The SMILES string of the molecule is N#CCCOC(O)CC#N. The molecule has 0 aromatic carbocycles. The minimum atomic E-state index is -1.04. The number of aliphatic hydroxyl groups is 1. The molecule has 10 heavy (non-hydrogen) atoms. The first kappa shape index (κ1) is 8.90. The van der Waals surface area contributed by atoms with Crippen LogP contribution in [0.5, 0.6) is 0 Å². The van der Waals surface area contributed by atoms with E-state index in [-0.39, 0.29) is 19.4 Å². The lowest BCUT2D eigenvalue weighted by Gasteiger charge is -2.04. The summed E-state index contributed by atoms with van der Waals surface area (Å²) in [4.78, 5) is 0. The molecule has 4 nitrogen and oxygen atoms in total. The Bertz CT molecular complexity index is 156. The summed E-state index contributed by atoms with van der Waals surface area (Å²) in [5.41, 5.74) is 0. The molecule has 4 heteroatoms. The lowest BCUT2D eigenvalue weighted by atomic mass is 10.4. The Hall–Kier alpha value is -1.10. The van der Waals surface area contributed by atoms with E-state index in [1.165, 1.54) is 0 Å². The highest BCUT2D eigenvalue weighted by molar-refractivity contribution is 4.71. The smallest absolute Gasteiger partial charge is 0.167 e. The van der Waals surface area contributed by atoms with Gasteiger partial charge in [0.05, 0.1) is 31.6 Å². The van der Waals surface area contributed by atoms with E-state index in [0.29, 0.717) is 0 Å². The van der Waals surface area contributed by atoms with Crippen molar-refractivity contribution in [2.75, 3.05) is 6.61 Å². The van der Waals surface area contributed by atoms with Crippen LogP contribution in [0.15, 0.2) is 0 Å². The van der Waals surface area contributed by atoms with Gasteiger partial charge in [0.2, 0.25) is 0 Å². The molecule has 0 bridgehead atoms. The molecule has 0 aromatic heterocycles. The summed E-state index contributed by atoms with van der Waals surface area (Å²) in [5, 5.41) is 24.8. The third-order valence-electron chi connectivity index (χ3n) is 0.790. The molecule has 1 unspecified atom stereocenters. The first-order valence-corrected chi connectivity index (χ1v) is 2.85. The van der Waals surface area contributed by atoms with Gasteiger partial charge in [-0.05, 0) is 0 Å². The van der Waals surface area contributed by atoms with Crippen LogP contribution in [0.1, 0.15) is 12.8 Å². The highest BCUT2D eigenvalue weighted by atomic mass is 16.6. The molecule has 0 aromatic rings. The van der Waals surface area contributed by atoms with Crippen LogP contribution in [-0.2, 0) is 4.74 Å². The van der Waals surface area contributed by atoms with Gasteiger partial charge in [0, 0.05) is 0 Å². The van der Waals surface area contributed by atoms with E-state index in [9.17, 15) is 0 Å². The number of hydrogen-bond donors (Lipinski definition) is 1. The summed E-state index contributed by atoms with van der Waals surface area (Å²) in [6, 6.07) is 3.58. The van der Waals surface area contributed by atoms with Gasteiger partial charge in [-0.3, -0.25) is 0 Å². The van der Waals surface area contributed by atoms with E-state index in [1.54, 1.807) is 6.07 Å². The fraction of sp³-hybridized carbons (Fsp3) is 0.667. The van der Waals surface area contributed by atoms with Crippen molar-refractivity contribution in [3.05, 3.63) is 0 Å². The summed E-state index contributed by atoms with van der Waals surface area (Å²) in [5.74, 6) is 0. The minimum absolute atomic E-state index is 0.0502. The summed E-state index contributed by atoms with van der Waals surface area (Å²) in [6.07, 6.45) is -0.855. The molecule has 0 saturated carbocycles. The molecule has 0 heterocycles. The zero-order chi connectivity index (χ0) is 7.82. The zero-order valence-corrected chi connectivity index (χ0v) is 5.45. The Labute approximate surface area is 59.3 Å². The third-order valence-corrected chi connectivity index (χ3v) is 0.790. The minimum Gasteiger partial charge on any atom is -0.367 e. The van der Waals surface area contributed by atoms with Crippen LogP contribution >= 0.6 is 0 Å². The largest absolute Gasteiger partial charge is 0.367 e. The molecule has 0 amide bonds. The van der Waals surface area contributed by atoms with Crippen molar-refractivity contribution in [3.8, 4) is 12.1 Å². The van der Waals surface area contributed by atoms with Crippen molar-refractivity contribution in [2.45, 2.75) is 19.1 Å². The Kier molecular flexibility index (Phi) is 5.36. The van der Waals surface area contributed by atoms with Gasteiger partial charge in [-0.15, -0.1) is 0 Å². The van der Waals surface area contributed by atoms with E-state index in [4.69, 9.17) is 15.6 Å². The lowest BCUT2D eigenvalue weighted by molar-refractivity contribution is -0.0927. The predicted octanol–water partition coefficient (Wildman–Crippen LogP) is 0.149. The molecule has 54 valence electrons. The molecule has 0 radical (unpaired) electrons. The maximum atomic E-state index is 8.72. The predicted molar refractivity (Wildman–Crippen MR) is 32.4 cm³/mol. The molecule has 0 saturated heterocycles. The molecule has 0 aliphatic carbocycles. The van der Waals surface area contributed by atoms with Gasteiger partial charge in [-0.2, -0.15) is 10.5 Å². The average Bonchev–Trinajstić information content (AvgIpc) is 1.89. The Morgan fingerprint density at radius 2 is 2.10 bits per heavy atom. The van der Waals surface area contributed by atoms with Crippen LogP contribution in [0.4, 0.5) is 0 Å². The van der Waals surface area contributed by atoms with Crippen LogP contribution in [0.3, 0.4) is 0 Å². The Morgan fingerprint density at radius 3 is 2.60 bits per heavy atom. The lowest BCUT2D eigenvalue weighted by Crippen LogP contribution is -2.11. The molecule has 0 rings (SSSR count). The van der Waals surface area contributed by atoms with E-state index >= 15 is 0 Å². The maximum Gasteiger partial charge on any atom is 0.167 e. The highest BCUT2D eigenvalue weighted by Gasteiger charge is 2.00. The number of aliphatic hydroxyl groups excluding tert-OH is 1. The average molecular weight is 140 g/mol. The van der Waals surface area contributed by atoms with E-state index in [0.717, 1.165) is 0 Å². The molecule has 0 aliphatic rings. The summed E-state index contributed by atoms with van der Waals surface area (Å²) < 4.78 is 4.63. The summed E-state index contributed by atoms with van der Waals surface area (Å²) in [6.45, 7) is 0.180. The van der Waals surface area contributed by atoms with Crippen molar-refractivity contribution >= 4 is 0 Å². The first-order valence-electron chi connectivity index (χ1n) is 2.85. The molecular weight excluding hydrogens is 132 g/mol. The van der Waals surface area contributed by atoms with Crippen LogP contribution in [0.2, 0.25) is 0 Å². The van der Waals surface area contributed by atoms with Gasteiger partial charge in [0.25, 0.3) is 0 Å². The van der Waals surface area contributed by atoms with Gasteiger partial charge in [0.15, 0.2) is 6.29 Å². The fourth-order valence-electron chi connectivity index (χ4n) is 0.378. The topological polar surface area (TPSA) is 77.0 Å². The van der Waals surface area contributed by atoms with Gasteiger partial charge in [-0.1, -0.05) is 0 Å². The molecule has 0 aliphatic heterocycles. The van der Waals surface area contributed by atoms with Crippen LogP contribution in [0, 0.1) is 22.7 Å². The molecular formula is C6H8N2O2. The number of ether oxygens (including phenoxy) is 1. The number of nitriles is 2. The van der Waals surface area contributed by atoms with Crippen molar-refractivity contribution in [3.63, 3.8) is 0 Å². The van der Waals surface area contributed by atoms with Gasteiger partial charge in [0.1, 0.15) is 0 Å². The number of rotatable bonds is 4. The molecule has 0 fully saturated rings. The van der Waals surface area contributed by atoms with Crippen LogP contribution in [-0.4, -0.2) is 18.0 Å². The normalized spacial score (nSPS) is 11.5.